The first-order valence-electron chi connectivity index (χ1n) is 11.7. The van der Waals surface area contributed by atoms with Crippen molar-refractivity contribution in [2.24, 2.45) is 11.7 Å². The van der Waals surface area contributed by atoms with Gasteiger partial charge in [-0.25, -0.2) is 4.98 Å². The van der Waals surface area contributed by atoms with E-state index in [1.54, 1.807) is 0 Å². The summed E-state index contributed by atoms with van der Waals surface area (Å²) in [6, 6.07) is 16.3. The van der Waals surface area contributed by atoms with Crippen LogP contribution in [0.25, 0.3) is 11.1 Å². The maximum absolute atomic E-state index is 12.9. The highest BCUT2D eigenvalue weighted by molar-refractivity contribution is 5.81. The van der Waals surface area contributed by atoms with Crippen molar-refractivity contribution in [3.63, 3.8) is 0 Å². The van der Waals surface area contributed by atoms with Crippen molar-refractivity contribution in [2.75, 3.05) is 0 Å². The van der Waals surface area contributed by atoms with Crippen LogP contribution in [0.5, 0.6) is 0 Å². The number of aliphatic hydroxyl groups excluding tert-OH is 1. The molecule has 4 N–H and O–H groups in total. The van der Waals surface area contributed by atoms with Crippen LogP contribution in [-0.2, 0) is 11.2 Å². The Bertz CT molecular complexity index is 965. The van der Waals surface area contributed by atoms with E-state index < -0.39 is 18.2 Å². The lowest BCUT2D eigenvalue weighted by Crippen LogP contribution is -2.48. The van der Waals surface area contributed by atoms with E-state index in [-0.39, 0.29) is 11.8 Å². The molecule has 0 radical (unpaired) electrons. The molecule has 0 saturated heterocycles. The third kappa shape index (κ3) is 5.75. The lowest BCUT2D eigenvalue weighted by atomic mass is 9.85. The quantitative estimate of drug-likeness (QED) is 0.466. The number of aryl methyl sites for hydroxylation is 1. The third-order valence-corrected chi connectivity index (χ3v) is 6.51. The van der Waals surface area contributed by atoms with E-state index in [2.05, 4.69) is 10.3 Å². The fraction of sp³-hybridized carbons (Fsp3) is 0.462. The summed E-state index contributed by atoms with van der Waals surface area (Å²) < 4.78 is 5.78. The predicted molar refractivity (Wildman–Crippen MR) is 125 cm³/mol. The fourth-order valence-corrected chi connectivity index (χ4v) is 4.64. The molecule has 1 aliphatic rings. The van der Waals surface area contributed by atoms with Gasteiger partial charge in [-0.2, -0.15) is 0 Å². The first-order chi connectivity index (χ1) is 15.6. The maximum Gasteiger partial charge on any atom is 0.237 e. The van der Waals surface area contributed by atoms with Crippen molar-refractivity contribution in [1.82, 2.24) is 10.3 Å². The number of benzene rings is 2. The Balaban J connectivity index is 1.46. The Hall–Kier alpha value is -2.70. The Morgan fingerprint density at radius 3 is 2.56 bits per heavy atom. The predicted octanol–water partition coefficient (Wildman–Crippen LogP) is 4.28. The lowest BCUT2D eigenvalue weighted by molar-refractivity contribution is -0.124. The van der Waals surface area contributed by atoms with E-state index in [0.717, 1.165) is 18.4 Å². The molecular weight excluding hydrogens is 402 g/mol. The summed E-state index contributed by atoms with van der Waals surface area (Å²) in [6.07, 6.45) is 6.88. The molecule has 32 heavy (non-hydrogen) atoms. The molecule has 3 aromatic rings. The van der Waals surface area contributed by atoms with E-state index in [9.17, 15) is 9.90 Å². The van der Waals surface area contributed by atoms with Crippen LogP contribution in [0, 0.1) is 5.92 Å². The molecule has 1 aliphatic carbocycles. The second-order valence-corrected chi connectivity index (χ2v) is 8.95. The van der Waals surface area contributed by atoms with Crippen molar-refractivity contribution < 1.29 is 14.3 Å². The van der Waals surface area contributed by atoms with Crippen molar-refractivity contribution in [3.05, 3.63) is 66.1 Å². The minimum absolute atomic E-state index is 0.213. The second-order valence-electron chi connectivity index (χ2n) is 8.95. The van der Waals surface area contributed by atoms with E-state index in [1.807, 2.05) is 54.6 Å². The highest BCUT2D eigenvalue weighted by atomic mass is 16.4. The molecule has 1 fully saturated rings. The summed E-state index contributed by atoms with van der Waals surface area (Å²) in [5, 5.41) is 14.1. The minimum atomic E-state index is -1.06. The van der Waals surface area contributed by atoms with Gasteiger partial charge in [0.2, 0.25) is 11.8 Å². The number of hydrogen-bond acceptors (Lipinski definition) is 5. The van der Waals surface area contributed by atoms with Gasteiger partial charge in [0, 0.05) is 0 Å². The van der Waals surface area contributed by atoms with Crippen molar-refractivity contribution in [2.45, 2.75) is 69.6 Å². The van der Waals surface area contributed by atoms with Gasteiger partial charge >= 0.3 is 0 Å². The summed E-state index contributed by atoms with van der Waals surface area (Å²) in [5.41, 5.74) is 8.71. The summed E-state index contributed by atoms with van der Waals surface area (Å²) in [6.45, 7) is 0. The van der Waals surface area contributed by atoms with Gasteiger partial charge in [0.1, 0.15) is 5.52 Å². The number of nitrogens with zero attached hydrogens (tertiary/aromatic N) is 1. The molecule has 1 saturated carbocycles. The zero-order valence-corrected chi connectivity index (χ0v) is 18.5. The molecule has 1 amide bonds. The molecule has 0 bridgehead atoms. The molecule has 1 aromatic heterocycles. The largest absolute Gasteiger partial charge is 0.438 e. The highest BCUT2D eigenvalue weighted by Crippen LogP contribution is 2.28. The Labute approximate surface area is 189 Å². The standard InChI is InChI=1S/C26H33N3O3/c27-20(17-19-11-5-2-6-12-19)25(31)28-22(16-15-18-9-3-1-4-10-18)24(30)26-29-21-13-7-8-14-23(21)32-26/h1,3-4,7-10,13-14,19-20,22,24,30H,2,5-6,11-12,15-17,27H2,(H,28,31). The first-order valence-corrected chi connectivity index (χ1v) is 11.7. The number of carbonyl (C=O) groups excluding carboxylic acids is 1. The molecular formula is C26H33N3O3. The average Bonchev–Trinajstić information content (AvgIpc) is 3.27. The molecule has 6 nitrogen and oxygen atoms in total. The lowest BCUT2D eigenvalue weighted by Gasteiger charge is -2.27. The molecule has 1 heterocycles. The number of fused-ring (bicyclic) bond motifs is 1. The third-order valence-electron chi connectivity index (χ3n) is 6.51. The second kappa shape index (κ2) is 10.7. The smallest absolute Gasteiger partial charge is 0.237 e. The number of nitrogens with one attached hydrogen (secondary N) is 1. The van der Waals surface area contributed by atoms with Crippen LogP contribution in [0.1, 0.15) is 62.5 Å². The van der Waals surface area contributed by atoms with Gasteiger partial charge in [-0.05, 0) is 42.9 Å². The molecule has 3 atom stereocenters. The zero-order chi connectivity index (χ0) is 22.3. The van der Waals surface area contributed by atoms with Gasteiger partial charge in [-0.1, -0.05) is 74.6 Å². The number of aliphatic hydroxyl groups is 1. The SMILES string of the molecule is NC(CC1CCCCC1)C(=O)NC(CCc1ccccc1)C(O)c1nc2ccccc2o1. The van der Waals surface area contributed by atoms with Gasteiger partial charge in [0.15, 0.2) is 11.7 Å². The van der Waals surface area contributed by atoms with Crippen LogP contribution in [-0.4, -0.2) is 28.1 Å². The van der Waals surface area contributed by atoms with Crippen LogP contribution < -0.4 is 11.1 Å². The van der Waals surface area contributed by atoms with Gasteiger partial charge in [0.25, 0.3) is 0 Å². The van der Waals surface area contributed by atoms with Gasteiger partial charge in [0.05, 0.1) is 12.1 Å². The topological polar surface area (TPSA) is 101 Å². The number of hydrogen-bond donors (Lipinski definition) is 3. The van der Waals surface area contributed by atoms with Crippen LogP contribution in [0.3, 0.4) is 0 Å². The molecule has 4 rings (SSSR count). The zero-order valence-electron chi connectivity index (χ0n) is 18.5. The first kappa shape index (κ1) is 22.5. The molecule has 0 spiro atoms. The number of para-hydroxylation sites is 2. The molecule has 170 valence electrons. The van der Waals surface area contributed by atoms with Crippen molar-refractivity contribution in [3.8, 4) is 0 Å². The van der Waals surface area contributed by atoms with E-state index in [4.69, 9.17) is 10.2 Å². The summed E-state index contributed by atoms with van der Waals surface area (Å²) in [5.74, 6) is 0.503. The number of amides is 1. The molecule has 2 aromatic carbocycles. The van der Waals surface area contributed by atoms with Crippen LogP contribution in [0.15, 0.2) is 59.0 Å². The maximum atomic E-state index is 12.9. The van der Waals surface area contributed by atoms with Crippen molar-refractivity contribution >= 4 is 17.0 Å². The highest BCUT2D eigenvalue weighted by Gasteiger charge is 2.29. The fourth-order valence-electron chi connectivity index (χ4n) is 4.64. The molecule has 0 aliphatic heterocycles. The van der Waals surface area contributed by atoms with Crippen LogP contribution in [0.4, 0.5) is 0 Å². The molecule has 3 unspecified atom stereocenters. The van der Waals surface area contributed by atoms with Gasteiger partial charge in [-0.3, -0.25) is 4.79 Å². The van der Waals surface area contributed by atoms with E-state index in [1.165, 1.54) is 19.3 Å². The van der Waals surface area contributed by atoms with E-state index >= 15 is 0 Å². The number of aromatic nitrogens is 1. The Morgan fingerprint density at radius 2 is 1.81 bits per heavy atom. The number of carbonyl (C=O) groups is 1. The summed E-state index contributed by atoms with van der Waals surface area (Å²) in [4.78, 5) is 17.4. The van der Waals surface area contributed by atoms with E-state index in [0.29, 0.717) is 36.3 Å². The summed E-state index contributed by atoms with van der Waals surface area (Å²) in [7, 11) is 0. The van der Waals surface area contributed by atoms with Crippen LogP contribution >= 0.6 is 0 Å². The Morgan fingerprint density at radius 1 is 1.09 bits per heavy atom. The number of oxazole rings is 1. The molecule has 6 heteroatoms. The Kier molecular flexibility index (Phi) is 7.55. The van der Waals surface area contributed by atoms with Crippen molar-refractivity contribution in [1.29, 1.82) is 0 Å². The normalized spacial score (nSPS) is 17.7. The summed E-state index contributed by atoms with van der Waals surface area (Å²) >= 11 is 0. The number of nitrogens with two attached hydrogens (primary N) is 1. The monoisotopic (exact) mass is 435 g/mol. The van der Waals surface area contributed by atoms with Gasteiger partial charge < -0.3 is 20.6 Å². The average molecular weight is 436 g/mol. The van der Waals surface area contributed by atoms with Gasteiger partial charge in [-0.15, -0.1) is 0 Å². The van der Waals surface area contributed by atoms with Crippen LogP contribution in [0.2, 0.25) is 0 Å². The number of rotatable bonds is 9. The minimum Gasteiger partial charge on any atom is -0.438 e.